The number of hydrogen-bond acceptors (Lipinski definition) is 2. The minimum atomic E-state index is 1.14. The molecule has 62 valence electrons. The highest BCUT2D eigenvalue weighted by atomic mass is 31.0. The van der Waals surface area contributed by atoms with E-state index in [0.717, 1.165) is 6.54 Å². The van der Waals surface area contributed by atoms with Crippen molar-refractivity contribution in [3.05, 3.63) is 0 Å². The van der Waals surface area contributed by atoms with Gasteiger partial charge in [-0.15, -0.1) is 0 Å². The normalized spacial score (nSPS) is 24.6. The SMILES string of the molecule is PN1CCC[N+]2=C1NCCC2. The molecule has 0 fully saturated rings. The molecular formula is C7H15N3P+. The van der Waals surface area contributed by atoms with Crippen LogP contribution in [0.2, 0.25) is 0 Å². The van der Waals surface area contributed by atoms with E-state index in [4.69, 9.17) is 0 Å². The molecule has 1 N–H and O–H groups in total. The van der Waals surface area contributed by atoms with Crippen molar-refractivity contribution in [3.8, 4) is 0 Å². The van der Waals surface area contributed by atoms with Crippen LogP contribution in [-0.4, -0.2) is 41.4 Å². The molecule has 2 aliphatic heterocycles. The van der Waals surface area contributed by atoms with E-state index in [1.54, 1.807) is 0 Å². The van der Waals surface area contributed by atoms with Crippen LogP contribution in [0, 0.1) is 0 Å². The lowest BCUT2D eigenvalue weighted by Gasteiger charge is -2.27. The van der Waals surface area contributed by atoms with Gasteiger partial charge in [-0.3, -0.25) is 14.6 Å². The van der Waals surface area contributed by atoms with E-state index in [1.807, 2.05) is 0 Å². The first kappa shape index (κ1) is 7.35. The number of guanidine groups is 1. The molecule has 0 aliphatic carbocycles. The van der Waals surface area contributed by atoms with Gasteiger partial charge < -0.3 is 0 Å². The Bertz CT molecular complexity index is 186. The van der Waals surface area contributed by atoms with Crippen molar-refractivity contribution in [2.24, 2.45) is 0 Å². The monoisotopic (exact) mass is 172 g/mol. The van der Waals surface area contributed by atoms with Gasteiger partial charge in [0.25, 0.3) is 0 Å². The first-order valence-corrected chi connectivity index (χ1v) is 4.77. The average Bonchev–Trinajstić information content (AvgIpc) is 2.06. The van der Waals surface area contributed by atoms with E-state index in [0.29, 0.717) is 0 Å². The van der Waals surface area contributed by atoms with Gasteiger partial charge in [0.05, 0.1) is 26.2 Å². The zero-order valence-electron chi connectivity index (χ0n) is 6.71. The average molecular weight is 172 g/mol. The molecule has 2 heterocycles. The minimum absolute atomic E-state index is 1.14. The van der Waals surface area contributed by atoms with E-state index in [9.17, 15) is 0 Å². The summed E-state index contributed by atoms with van der Waals surface area (Å²) in [6.45, 7) is 4.76. The minimum Gasteiger partial charge on any atom is -0.278 e. The molecule has 4 heteroatoms. The first-order chi connectivity index (χ1) is 5.38. The lowest BCUT2D eigenvalue weighted by molar-refractivity contribution is -0.542. The fourth-order valence-corrected chi connectivity index (χ4v) is 2.16. The van der Waals surface area contributed by atoms with Gasteiger partial charge >= 0.3 is 5.96 Å². The summed E-state index contributed by atoms with van der Waals surface area (Å²) in [6, 6.07) is 0. The second-order valence-corrected chi connectivity index (χ2v) is 3.76. The third kappa shape index (κ3) is 1.34. The predicted octanol–water partition coefficient (Wildman–Crippen LogP) is -0.156. The Morgan fingerprint density at radius 2 is 2.18 bits per heavy atom. The maximum absolute atomic E-state index is 3.42. The third-order valence-electron chi connectivity index (χ3n) is 2.29. The summed E-state index contributed by atoms with van der Waals surface area (Å²) in [6.07, 6.45) is 2.57. The topological polar surface area (TPSA) is 18.3 Å². The first-order valence-electron chi connectivity index (χ1n) is 4.26. The Morgan fingerprint density at radius 1 is 1.36 bits per heavy atom. The van der Waals surface area contributed by atoms with E-state index >= 15 is 0 Å². The molecule has 11 heavy (non-hydrogen) atoms. The molecule has 0 saturated heterocycles. The third-order valence-corrected chi connectivity index (χ3v) is 2.79. The van der Waals surface area contributed by atoms with Gasteiger partial charge in [0.2, 0.25) is 0 Å². The Balaban J connectivity index is 2.21. The Labute approximate surface area is 69.7 Å². The van der Waals surface area contributed by atoms with Crippen molar-refractivity contribution in [1.29, 1.82) is 0 Å². The maximum atomic E-state index is 3.42. The van der Waals surface area contributed by atoms with E-state index in [2.05, 4.69) is 24.0 Å². The molecule has 3 nitrogen and oxygen atoms in total. The van der Waals surface area contributed by atoms with Crippen LogP contribution in [0.1, 0.15) is 12.8 Å². The van der Waals surface area contributed by atoms with Crippen molar-refractivity contribution in [3.63, 3.8) is 0 Å². The zero-order valence-corrected chi connectivity index (χ0v) is 7.87. The smallest absolute Gasteiger partial charge is 0.278 e. The van der Waals surface area contributed by atoms with Crippen molar-refractivity contribution in [2.45, 2.75) is 12.8 Å². The van der Waals surface area contributed by atoms with Crippen LogP contribution in [0.5, 0.6) is 0 Å². The molecule has 0 aromatic rings. The highest BCUT2D eigenvalue weighted by Crippen LogP contribution is 2.09. The molecule has 0 saturated carbocycles. The molecule has 2 aliphatic rings. The van der Waals surface area contributed by atoms with Gasteiger partial charge in [-0.1, -0.05) is 0 Å². The van der Waals surface area contributed by atoms with Crippen LogP contribution in [-0.2, 0) is 0 Å². The molecule has 0 radical (unpaired) electrons. The van der Waals surface area contributed by atoms with E-state index < -0.39 is 0 Å². The summed E-state index contributed by atoms with van der Waals surface area (Å²) in [7, 11) is 2.77. The van der Waals surface area contributed by atoms with Crippen LogP contribution < -0.4 is 5.32 Å². The lowest BCUT2D eigenvalue weighted by Crippen LogP contribution is -2.51. The fourth-order valence-electron chi connectivity index (χ4n) is 1.73. The van der Waals surface area contributed by atoms with Crippen molar-refractivity contribution >= 4 is 15.4 Å². The zero-order chi connectivity index (χ0) is 7.68. The van der Waals surface area contributed by atoms with Crippen LogP contribution >= 0.6 is 9.39 Å². The molecule has 0 aromatic carbocycles. The van der Waals surface area contributed by atoms with Gasteiger partial charge in [-0.25, -0.2) is 0 Å². The van der Waals surface area contributed by atoms with Crippen molar-refractivity contribution in [1.82, 2.24) is 9.99 Å². The van der Waals surface area contributed by atoms with Crippen LogP contribution in [0.15, 0.2) is 0 Å². The molecule has 1 atom stereocenters. The fraction of sp³-hybridized carbons (Fsp3) is 0.857. The molecule has 1 unspecified atom stereocenters. The van der Waals surface area contributed by atoms with Crippen molar-refractivity contribution < 1.29 is 4.58 Å². The van der Waals surface area contributed by atoms with Gasteiger partial charge in [0.15, 0.2) is 0 Å². The summed E-state index contributed by atoms with van der Waals surface area (Å²) in [5.41, 5.74) is 0. The Kier molecular flexibility index (Phi) is 1.99. The Morgan fingerprint density at radius 3 is 3.00 bits per heavy atom. The van der Waals surface area contributed by atoms with Gasteiger partial charge in [0.1, 0.15) is 0 Å². The molecular weight excluding hydrogens is 157 g/mol. The highest BCUT2D eigenvalue weighted by Gasteiger charge is 2.25. The van der Waals surface area contributed by atoms with Gasteiger partial charge in [-0.05, 0) is 0 Å². The molecule has 0 aromatic heterocycles. The van der Waals surface area contributed by atoms with Crippen LogP contribution in [0.3, 0.4) is 0 Å². The summed E-state index contributed by atoms with van der Waals surface area (Å²) in [5.74, 6) is 1.31. The summed E-state index contributed by atoms with van der Waals surface area (Å²) in [5, 5.41) is 3.42. The second-order valence-electron chi connectivity index (χ2n) is 3.14. The molecule has 0 bridgehead atoms. The summed E-state index contributed by atoms with van der Waals surface area (Å²) < 4.78 is 4.67. The highest BCUT2D eigenvalue weighted by molar-refractivity contribution is 7.14. The van der Waals surface area contributed by atoms with Crippen molar-refractivity contribution in [2.75, 3.05) is 26.2 Å². The van der Waals surface area contributed by atoms with E-state index in [-0.39, 0.29) is 0 Å². The number of nitrogens with one attached hydrogen (secondary N) is 1. The van der Waals surface area contributed by atoms with Gasteiger partial charge in [-0.2, -0.15) is 0 Å². The second kappa shape index (κ2) is 2.98. The lowest BCUT2D eigenvalue weighted by atomic mass is 10.3. The van der Waals surface area contributed by atoms with Gasteiger partial charge in [0, 0.05) is 22.2 Å². The molecule has 0 spiro atoms. The summed E-state index contributed by atoms with van der Waals surface area (Å²) >= 11 is 0. The van der Waals surface area contributed by atoms with Crippen LogP contribution in [0.25, 0.3) is 0 Å². The Hall–Kier alpha value is -0.300. The number of rotatable bonds is 0. The predicted molar refractivity (Wildman–Crippen MR) is 48.7 cm³/mol. The van der Waals surface area contributed by atoms with Crippen LogP contribution in [0.4, 0.5) is 0 Å². The number of hydrogen-bond donors (Lipinski definition) is 1. The summed E-state index contributed by atoms with van der Waals surface area (Å²) in [4.78, 5) is 0. The maximum Gasteiger partial charge on any atom is 0.350 e. The van der Waals surface area contributed by atoms with E-state index in [1.165, 1.54) is 38.4 Å². The quantitative estimate of drug-likeness (QED) is 0.404. The number of nitrogens with zero attached hydrogens (tertiary/aromatic N) is 2. The largest absolute Gasteiger partial charge is 0.350 e. The molecule has 0 amide bonds. The molecule has 2 rings (SSSR count). The standard InChI is InChI=1S/C7H14N3P/c11-10-6-2-5-9-4-1-3-8-7(9)10/h1-6,11H2/p+1.